The number of rotatable bonds is 10. The number of amides is 1. The van der Waals surface area contributed by atoms with Crippen molar-refractivity contribution >= 4 is 23.3 Å². The van der Waals surface area contributed by atoms with Crippen LogP contribution in [0.25, 0.3) is 0 Å². The number of nitro groups is 1. The Labute approximate surface area is 167 Å². The van der Waals surface area contributed by atoms with E-state index in [9.17, 15) is 19.7 Å². The van der Waals surface area contributed by atoms with Gasteiger partial charge >= 0.3 is 5.97 Å². The molecule has 2 aromatic carbocycles. The standard InChI is InChI=1S/C20H22N2O7/c1-3-4-11-28-16-8-5-14(6-9-16)20(24)29-13-19(23)21-17-12-15(22(25)26)7-10-18(17)27-2/h5-10,12H,3-4,11,13H2,1-2H3,(H,21,23). The molecule has 0 aromatic heterocycles. The zero-order chi connectivity index (χ0) is 21.2. The molecule has 0 atom stereocenters. The highest BCUT2D eigenvalue weighted by molar-refractivity contribution is 5.96. The van der Waals surface area contributed by atoms with Gasteiger partial charge in [-0.25, -0.2) is 4.79 Å². The number of benzene rings is 2. The fourth-order valence-corrected chi connectivity index (χ4v) is 2.33. The summed E-state index contributed by atoms with van der Waals surface area (Å²) in [6.07, 6.45) is 1.96. The molecule has 0 saturated heterocycles. The Morgan fingerprint density at radius 1 is 1.14 bits per heavy atom. The van der Waals surface area contributed by atoms with E-state index in [0.29, 0.717) is 12.4 Å². The van der Waals surface area contributed by atoms with E-state index in [-0.39, 0.29) is 22.7 Å². The number of carbonyl (C=O) groups is 2. The maximum atomic E-state index is 12.1. The highest BCUT2D eigenvalue weighted by Gasteiger charge is 2.15. The first kappa shape index (κ1) is 21.7. The van der Waals surface area contributed by atoms with Crippen LogP contribution in [-0.4, -0.2) is 37.1 Å². The van der Waals surface area contributed by atoms with Crippen molar-refractivity contribution in [1.82, 2.24) is 0 Å². The number of nitrogens with one attached hydrogen (secondary N) is 1. The van der Waals surface area contributed by atoms with Gasteiger partial charge in [-0.3, -0.25) is 14.9 Å². The third-order valence-corrected chi connectivity index (χ3v) is 3.86. The van der Waals surface area contributed by atoms with Crippen molar-refractivity contribution in [2.24, 2.45) is 0 Å². The molecule has 0 aliphatic carbocycles. The van der Waals surface area contributed by atoms with Crippen molar-refractivity contribution in [2.75, 3.05) is 25.6 Å². The topological polar surface area (TPSA) is 117 Å². The smallest absolute Gasteiger partial charge is 0.338 e. The lowest BCUT2D eigenvalue weighted by Crippen LogP contribution is -2.21. The van der Waals surface area contributed by atoms with Gasteiger partial charge in [-0.05, 0) is 36.8 Å². The minimum Gasteiger partial charge on any atom is -0.495 e. The van der Waals surface area contributed by atoms with Gasteiger partial charge in [0, 0.05) is 12.1 Å². The molecule has 0 radical (unpaired) electrons. The van der Waals surface area contributed by atoms with Crippen LogP contribution in [0, 0.1) is 10.1 Å². The van der Waals surface area contributed by atoms with Gasteiger partial charge in [0.15, 0.2) is 6.61 Å². The molecule has 2 rings (SSSR count). The molecule has 9 nitrogen and oxygen atoms in total. The van der Waals surface area contributed by atoms with Crippen LogP contribution in [-0.2, 0) is 9.53 Å². The van der Waals surface area contributed by atoms with E-state index in [0.717, 1.165) is 18.9 Å². The van der Waals surface area contributed by atoms with Gasteiger partial charge in [-0.15, -0.1) is 0 Å². The molecular weight excluding hydrogens is 380 g/mol. The van der Waals surface area contributed by atoms with Gasteiger partial charge in [0.2, 0.25) is 0 Å². The number of anilines is 1. The van der Waals surface area contributed by atoms with Gasteiger partial charge in [0.1, 0.15) is 11.5 Å². The monoisotopic (exact) mass is 402 g/mol. The van der Waals surface area contributed by atoms with Crippen LogP contribution in [0.4, 0.5) is 11.4 Å². The Balaban J connectivity index is 1.91. The Morgan fingerprint density at radius 2 is 1.86 bits per heavy atom. The Kier molecular flexibility index (Phi) is 7.96. The van der Waals surface area contributed by atoms with Gasteiger partial charge in [-0.1, -0.05) is 13.3 Å². The number of hydrogen-bond acceptors (Lipinski definition) is 7. The lowest BCUT2D eigenvalue weighted by molar-refractivity contribution is -0.384. The molecular formula is C20H22N2O7. The van der Waals surface area contributed by atoms with Crippen LogP contribution in [0.5, 0.6) is 11.5 Å². The number of non-ortho nitro benzene ring substituents is 1. The summed E-state index contributed by atoms with van der Waals surface area (Å²) >= 11 is 0. The lowest BCUT2D eigenvalue weighted by Gasteiger charge is -2.10. The van der Waals surface area contributed by atoms with Crippen LogP contribution >= 0.6 is 0 Å². The van der Waals surface area contributed by atoms with Crippen LogP contribution < -0.4 is 14.8 Å². The molecule has 2 aromatic rings. The number of nitro benzene ring substituents is 1. The van der Waals surface area contributed by atoms with Gasteiger partial charge in [0.05, 0.1) is 29.9 Å². The number of carbonyl (C=O) groups excluding carboxylic acids is 2. The normalized spacial score (nSPS) is 10.1. The average molecular weight is 402 g/mol. The number of esters is 1. The van der Waals surface area contributed by atoms with Crippen molar-refractivity contribution in [3.05, 3.63) is 58.1 Å². The SMILES string of the molecule is CCCCOc1ccc(C(=O)OCC(=O)Nc2cc([N+](=O)[O-])ccc2OC)cc1. The minimum atomic E-state index is -0.675. The zero-order valence-corrected chi connectivity index (χ0v) is 16.2. The second-order valence-electron chi connectivity index (χ2n) is 5.99. The van der Waals surface area contributed by atoms with Gasteiger partial charge in [-0.2, -0.15) is 0 Å². The number of methoxy groups -OCH3 is 1. The minimum absolute atomic E-state index is 0.108. The van der Waals surface area contributed by atoms with E-state index in [4.69, 9.17) is 14.2 Å². The predicted molar refractivity (Wildman–Crippen MR) is 105 cm³/mol. The maximum Gasteiger partial charge on any atom is 0.338 e. The average Bonchev–Trinajstić information content (AvgIpc) is 2.72. The van der Waals surface area contributed by atoms with Crippen LogP contribution in [0.1, 0.15) is 30.1 Å². The van der Waals surface area contributed by atoms with Gasteiger partial charge < -0.3 is 19.5 Å². The molecule has 9 heteroatoms. The Bertz CT molecular complexity index is 866. The Morgan fingerprint density at radius 3 is 2.48 bits per heavy atom. The van der Waals surface area contributed by atoms with E-state index >= 15 is 0 Å². The summed E-state index contributed by atoms with van der Waals surface area (Å²) in [4.78, 5) is 34.4. The Hall–Kier alpha value is -3.62. The van der Waals surface area contributed by atoms with E-state index in [2.05, 4.69) is 12.2 Å². The lowest BCUT2D eigenvalue weighted by atomic mass is 10.2. The van der Waals surface area contributed by atoms with Crippen molar-refractivity contribution in [3.8, 4) is 11.5 Å². The van der Waals surface area contributed by atoms with Crippen LogP contribution in [0.2, 0.25) is 0 Å². The molecule has 0 bridgehead atoms. The highest BCUT2D eigenvalue weighted by atomic mass is 16.6. The van der Waals surface area contributed by atoms with Crippen molar-refractivity contribution < 1.29 is 28.7 Å². The molecule has 0 fully saturated rings. The third-order valence-electron chi connectivity index (χ3n) is 3.86. The predicted octanol–water partition coefficient (Wildman–Crippen LogP) is 3.58. The zero-order valence-electron chi connectivity index (χ0n) is 16.2. The van der Waals surface area contributed by atoms with Crippen molar-refractivity contribution in [2.45, 2.75) is 19.8 Å². The molecule has 0 aliphatic rings. The van der Waals surface area contributed by atoms with Crippen LogP contribution in [0.3, 0.4) is 0 Å². The number of nitrogens with zero attached hydrogens (tertiary/aromatic N) is 1. The summed E-state index contributed by atoms with van der Waals surface area (Å²) < 4.78 is 15.6. The third kappa shape index (κ3) is 6.49. The van der Waals surface area contributed by atoms with Crippen molar-refractivity contribution in [3.63, 3.8) is 0 Å². The van der Waals surface area contributed by atoms with E-state index < -0.39 is 23.4 Å². The fraction of sp³-hybridized carbons (Fsp3) is 0.300. The quantitative estimate of drug-likeness (QED) is 0.279. The number of unbranched alkanes of at least 4 members (excludes halogenated alkanes) is 1. The summed E-state index contributed by atoms with van der Waals surface area (Å²) in [6, 6.07) is 10.2. The van der Waals surface area contributed by atoms with E-state index in [1.807, 2.05) is 0 Å². The highest BCUT2D eigenvalue weighted by Crippen LogP contribution is 2.28. The molecule has 0 aliphatic heterocycles. The van der Waals surface area contributed by atoms with E-state index in [1.54, 1.807) is 24.3 Å². The fourth-order valence-electron chi connectivity index (χ4n) is 2.33. The molecule has 0 unspecified atom stereocenters. The molecule has 1 N–H and O–H groups in total. The second-order valence-corrected chi connectivity index (χ2v) is 5.99. The van der Waals surface area contributed by atoms with Gasteiger partial charge in [0.25, 0.3) is 11.6 Å². The first-order chi connectivity index (χ1) is 13.9. The number of hydrogen-bond donors (Lipinski definition) is 1. The molecule has 0 saturated carbocycles. The van der Waals surface area contributed by atoms with Crippen LogP contribution in [0.15, 0.2) is 42.5 Å². The van der Waals surface area contributed by atoms with Crippen molar-refractivity contribution in [1.29, 1.82) is 0 Å². The second kappa shape index (κ2) is 10.6. The maximum absolute atomic E-state index is 12.1. The molecule has 1 amide bonds. The largest absolute Gasteiger partial charge is 0.495 e. The first-order valence-electron chi connectivity index (χ1n) is 8.97. The number of ether oxygens (including phenoxy) is 3. The summed E-state index contributed by atoms with van der Waals surface area (Å²) in [5, 5.41) is 13.3. The summed E-state index contributed by atoms with van der Waals surface area (Å²) in [5.74, 6) is -0.442. The molecule has 154 valence electrons. The summed E-state index contributed by atoms with van der Waals surface area (Å²) in [6.45, 7) is 2.11. The molecule has 0 heterocycles. The first-order valence-corrected chi connectivity index (χ1v) is 8.97. The summed E-state index contributed by atoms with van der Waals surface area (Å²) in [7, 11) is 1.37. The van der Waals surface area contributed by atoms with E-state index in [1.165, 1.54) is 19.2 Å². The summed E-state index contributed by atoms with van der Waals surface area (Å²) in [5.41, 5.74) is 0.171. The molecule has 29 heavy (non-hydrogen) atoms. The molecule has 0 spiro atoms.